The average molecular weight is 266 g/mol. The molecule has 0 radical (unpaired) electrons. The summed E-state index contributed by atoms with van der Waals surface area (Å²) in [7, 11) is -1.00. The van der Waals surface area contributed by atoms with Crippen LogP contribution in [0.3, 0.4) is 0 Å². The molecular weight excluding hydrogens is 244 g/mol. The Kier molecular flexibility index (Phi) is 7.10. The number of rotatable bonds is 8. The summed E-state index contributed by atoms with van der Waals surface area (Å²) in [5.41, 5.74) is 5.45. The lowest BCUT2D eigenvalue weighted by Crippen LogP contribution is -2.36. The maximum absolute atomic E-state index is 11.5. The summed E-state index contributed by atoms with van der Waals surface area (Å²) in [4.78, 5) is 2.45. The number of hydrogen-bond acceptors (Lipinski definition) is 4. The van der Waals surface area contributed by atoms with E-state index in [9.17, 15) is 8.42 Å². The molecule has 0 bridgehead atoms. The van der Waals surface area contributed by atoms with Gasteiger partial charge >= 0.3 is 0 Å². The van der Waals surface area contributed by atoms with Crippen LogP contribution in [0.4, 0.5) is 0 Å². The number of hydrogen-bond donors (Lipinski definition) is 1. The van der Waals surface area contributed by atoms with Crippen molar-refractivity contribution < 1.29 is 8.42 Å². The zero-order chi connectivity index (χ0) is 12.8. The Bertz CT molecular complexity index is 315. The summed E-state index contributed by atoms with van der Waals surface area (Å²) < 4.78 is 23.0. The second-order valence-electron chi connectivity index (χ2n) is 4.15. The van der Waals surface area contributed by atoms with Crippen LogP contribution in [0, 0.1) is 0 Å². The van der Waals surface area contributed by atoms with Gasteiger partial charge in [-0.15, -0.1) is 0 Å². The van der Waals surface area contributed by atoms with E-state index in [1.54, 1.807) is 0 Å². The van der Waals surface area contributed by atoms with E-state index in [1.807, 2.05) is 25.8 Å². The molecule has 4 nitrogen and oxygen atoms in total. The van der Waals surface area contributed by atoms with Crippen LogP contribution in [-0.4, -0.2) is 49.4 Å². The van der Waals surface area contributed by atoms with Crippen molar-refractivity contribution in [3.8, 4) is 0 Å². The molecule has 0 fully saturated rings. The van der Waals surface area contributed by atoms with Crippen molar-refractivity contribution in [3.63, 3.8) is 0 Å². The number of nitrogens with two attached hydrogens (primary N) is 1. The van der Waals surface area contributed by atoms with Gasteiger partial charge in [0.25, 0.3) is 0 Å². The van der Waals surface area contributed by atoms with Gasteiger partial charge in [0.05, 0.1) is 10.7 Å². The van der Waals surface area contributed by atoms with Crippen molar-refractivity contribution in [2.75, 3.05) is 25.1 Å². The molecule has 1 unspecified atom stereocenters. The maximum atomic E-state index is 11.5. The van der Waals surface area contributed by atoms with Gasteiger partial charge in [-0.05, 0) is 20.4 Å². The molecule has 0 aromatic carbocycles. The summed E-state index contributed by atoms with van der Waals surface area (Å²) >= 11 is 4.82. The van der Waals surface area contributed by atoms with Gasteiger partial charge in [-0.2, -0.15) is 0 Å². The highest BCUT2D eigenvalue weighted by Gasteiger charge is 2.14. The molecule has 96 valence electrons. The van der Waals surface area contributed by atoms with E-state index in [0.717, 1.165) is 0 Å². The highest BCUT2D eigenvalue weighted by Crippen LogP contribution is 2.03. The van der Waals surface area contributed by atoms with Crippen LogP contribution < -0.4 is 5.73 Å². The summed E-state index contributed by atoms with van der Waals surface area (Å²) in [5, 5.41) is 0. The molecule has 0 aromatic rings. The van der Waals surface area contributed by atoms with Gasteiger partial charge in [0.1, 0.15) is 0 Å². The predicted octanol–water partition coefficient (Wildman–Crippen LogP) is 0.808. The minimum Gasteiger partial charge on any atom is -0.393 e. The number of nitrogens with zero attached hydrogens (tertiary/aromatic N) is 1. The zero-order valence-corrected chi connectivity index (χ0v) is 11.9. The summed E-state index contributed by atoms with van der Waals surface area (Å²) in [5.74, 6) is 0.476. The van der Waals surface area contributed by atoms with E-state index in [4.69, 9.17) is 18.0 Å². The van der Waals surface area contributed by atoms with Crippen molar-refractivity contribution in [1.82, 2.24) is 4.90 Å². The van der Waals surface area contributed by atoms with E-state index in [0.29, 0.717) is 24.4 Å². The summed E-state index contributed by atoms with van der Waals surface area (Å²) in [6.45, 7) is 4.40. The molecule has 0 aliphatic carbocycles. The predicted molar refractivity (Wildman–Crippen MR) is 72.4 cm³/mol. The molecule has 0 aromatic heterocycles. The van der Waals surface area contributed by atoms with Crippen molar-refractivity contribution in [1.29, 1.82) is 0 Å². The largest absolute Gasteiger partial charge is 0.393 e. The molecule has 2 N–H and O–H groups in total. The zero-order valence-electron chi connectivity index (χ0n) is 10.3. The molecule has 0 amide bonds. The standard InChI is InChI=1S/C10H22N2O2S2/c1-4-6-16(13,14)7-5-12(3)9(2)8-10(11)15/h9H,4-8H2,1-3H3,(H2,11,15). The normalized spacial score (nSPS) is 14.0. The highest BCUT2D eigenvalue weighted by molar-refractivity contribution is 7.91. The van der Waals surface area contributed by atoms with Gasteiger partial charge in [0.15, 0.2) is 9.84 Å². The maximum Gasteiger partial charge on any atom is 0.151 e. The second-order valence-corrected chi connectivity index (χ2v) is 6.98. The number of thiocarbonyl (C=S) groups is 1. The molecule has 0 aliphatic heterocycles. The Hall–Kier alpha value is -0.200. The van der Waals surface area contributed by atoms with E-state index < -0.39 is 9.84 Å². The van der Waals surface area contributed by atoms with Gasteiger partial charge in [-0.1, -0.05) is 19.1 Å². The number of sulfone groups is 1. The first-order valence-electron chi connectivity index (χ1n) is 5.47. The molecule has 0 spiro atoms. The molecule has 6 heteroatoms. The lowest BCUT2D eigenvalue weighted by atomic mass is 10.2. The van der Waals surface area contributed by atoms with Gasteiger partial charge in [-0.25, -0.2) is 8.42 Å². The van der Waals surface area contributed by atoms with Crippen molar-refractivity contribution in [2.45, 2.75) is 32.7 Å². The highest BCUT2D eigenvalue weighted by atomic mass is 32.2. The Morgan fingerprint density at radius 3 is 2.44 bits per heavy atom. The van der Waals surface area contributed by atoms with Gasteiger partial charge in [-0.3, -0.25) is 0 Å². The van der Waals surface area contributed by atoms with Gasteiger partial charge < -0.3 is 10.6 Å². The fourth-order valence-electron chi connectivity index (χ4n) is 1.36. The Morgan fingerprint density at radius 2 is 2.00 bits per heavy atom. The topological polar surface area (TPSA) is 63.4 Å². The van der Waals surface area contributed by atoms with E-state index in [2.05, 4.69) is 0 Å². The molecule has 16 heavy (non-hydrogen) atoms. The lowest BCUT2D eigenvalue weighted by molar-refractivity contribution is 0.278. The molecule has 0 saturated heterocycles. The Morgan fingerprint density at radius 1 is 1.44 bits per heavy atom. The van der Waals surface area contributed by atoms with E-state index >= 15 is 0 Å². The molecule has 0 heterocycles. The minimum atomic E-state index is -2.89. The summed E-state index contributed by atoms with van der Waals surface area (Å²) in [6, 6.07) is 0.189. The van der Waals surface area contributed by atoms with Gasteiger partial charge in [0, 0.05) is 24.8 Å². The minimum absolute atomic E-state index is 0.189. The molecule has 0 saturated carbocycles. The van der Waals surface area contributed by atoms with Crippen LogP contribution in [0.2, 0.25) is 0 Å². The third-order valence-electron chi connectivity index (χ3n) is 2.52. The van der Waals surface area contributed by atoms with Crippen molar-refractivity contribution in [2.24, 2.45) is 5.73 Å². The monoisotopic (exact) mass is 266 g/mol. The van der Waals surface area contributed by atoms with Gasteiger partial charge in [0.2, 0.25) is 0 Å². The van der Waals surface area contributed by atoms with Crippen LogP contribution in [-0.2, 0) is 9.84 Å². The lowest BCUT2D eigenvalue weighted by Gasteiger charge is -2.24. The van der Waals surface area contributed by atoms with E-state index in [-0.39, 0.29) is 17.5 Å². The third kappa shape index (κ3) is 7.14. The first kappa shape index (κ1) is 15.8. The average Bonchev–Trinajstić information content (AvgIpc) is 2.13. The van der Waals surface area contributed by atoms with Crippen molar-refractivity contribution in [3.05, 3.63) is 0 Å². The summed E-state index contributed by atoms with van der Waals surface area (Å²) in [6.07, 6.45) is 1.30. The first-order valence-corrected chi connectivity index (χ1v) is 7.70. The Labute approximate surface area is 104 Å². The SMILES string of the molecule is CCCS(=O)(=O)CCN(C)C(C)CC(N)=S. The fourth-order valence-corrected chi connectivity index (χ4v) is 3.00. The third-order valence-corrected chi connectivity index (χ3v) is 4.52. The molecule has 1 atom stereocenters. The van der Waals surface area contributed by atoms with Crippen LogP contribution in [0.25, 0.3) is 0 Å². The molecular formula is C10H22N2O2S2. The molecule has 0 aliphatic rings. The Balaban J connectivity index is 4.06. The van der Waals surface area contributed by atoms with Crippen LogP contribution in [0.1, 0.15) is 26.7 Å². The first-order chi connectivity index (χ1) is 7.28. The van der Waals surface area contributed by atoms with E-state index in [1.165, 1.54) is 0 Å². The van der Waals surface area contributed by atoms with Crippen LogP contribution in [0.5, 0.6) is 0 Å². The van der Waals surface area contributed by atoms with Crippen LogP contribution in [0.15, 0.2) is 0 Å². The van der Waals surface area contributed by atoms with Crippen molar-refractivity contribution >= 4 is 27.0 Å². The molecule has 0 rings (SSSR count). The fraction of sp³-hybridized carbons (Fsp3) is 0.900. The quantitative estimate of drug-likeness (QED) is 0.659. The second kappa shape index (κ2) is 7.19. The van der Waals surface area contributed by atoms with Crippen LogP contribution >= 0.6 is 12.2 Å². The smallest absolute Gasteiger partial charge is 0.151 e.